The van der Waals surface area contributed by atoms with E-state index in [0.717, 1.165) is 15.6 Å². The second-order valence-electron chi connectivity index (χ2n) is 15.3. The number of halogens is 1. The summed E-state index contributed by atoms with van der Waals surface area (Å²) in [5.41, 5.74) is -0.368. The number of benzene rings is 2. The van der Waals surface area contributed by atoms with Gasteiger partial charge in [-0.25, -0.2) is 4.79 Å². The summed E-state index contributed by atoms with van der Waals surface area (Å²) in [7, 11) is 0.724. The van der Waals surface area contributed by atoms with Gasteiger partial charge in [-0.05, 0) is 97.6 Å². The molecule has 4 rings (SSSR count). The lowest BCUT2D eigenvalue weighted by atomic mass is 9.79. The van der Waals surface area contributed by atoms with Crippen LogP contribution in [0, 0.1) is 14.9 Å². The van der Waals surface area contributed by atoms with E-state index in [9.17, 15) is 9.59 Å². The number of para-hydroxylation sites is 1. The monoisotopic (exact) mass is 774 g/mol. The lowest BCUT2D eigenvalue weighted by Crippen LogP contribution is -2.54. The van der Waals surface area contributed by atoms with Gasteiger partial charge in [-0.2, -0.15) is 0 Å². The number of esters is 2. The number of ether oxygens (including phenoxy) is 2. The number of likely N-dealkylation sites (tertiary alicyclic amines) is 1. The van der Waals surface area contributed by atoms with Crippen LogP contribution in [0.3, 0.4) is 0 Å². The Hall–Kier alpha value is -2.54. The van der Waals surface area contributed by atoms with Gasteiger partial charge in [0.05, 0.1) is 18.9 Å². The van der Waals surface area contributed by atoms with E-state index >= 15 is 4.79 Å². The van der Waals surface area contributed by atoms with Crippen molar-refractivity contribution in [3.63, 3.8) is 0 Å². The first-order valence-electron chi connectivity index (χ1n) is 16.3. The summed E-state index contributed by atoms with van der Waals surface area (Å²) in [6.45, 7) is 17.7. The van der Waals surface area contributed by atoms with Gasteiger partial charge in [0.15, 0.2) is 13.7 Å². The molecular formula is C37H51IN2O6Si. The van der Waals surface area contributed by atoms with E-state index in [-0.39, 0.29) is 23.5 Å². The number of piperidine rings is 1. The third kappa shape index (κ3) is 7.86. The lowest BCUT2D eigenvalue weighted by Gasteiger charge is -2.47. The normalized spacial score (nSPS) is 24.5. The Kier molecular flexibility index (Phi) is 11.2. The molecule has 1 saturated heterocycles. The number of fused-ring (bicyclic) bond motifs is 1. The highest BCUT2D eigenvalue weighted by atomic mass is 127. The van der Waals surface area contributed by atoms with Gasteiger partial charge in [0.1, 0.15) is 5.60 Å². The van der Waals surface area contributed by atoms with Gasteiger partial charge in [-0.1, -0.05) is 63.2 Å². The first kappa shape index (κ1) is 37.3. The molecule has 2 aromatic carbocycles. The van der Waals surface area contributed by atoms with Crippen molar-refractivity contribution in [1.29, 1.82) is 0 Å². The number of nitrogens with zero attached hydrogens (tertiary/aromatic N) is 2. The number of rotatable bonds is 8. The average molecular weight is 775 g/mol. The van der Waals surface area contributed by atoms with Crippen molar-refractivity contribution in [2.75, 3.05) is 25.6 Å². The molecule has 0 unspecified atom stereocenters. The molecule has 2 aliphatic rings. The summed E-state index contributed by atoms with van der Waals surface area (Å²) in [4.78, 5) is 46.9. The number of carbonyl (C=O) groups excluding carboxylic acids is 3. The summed E-state index contributed by atoms with van der Waals surface area (Å²) in [5.74, 6) is -1.99. The van der Waals surface area contributed by atoms with Gasteiger partial charge in [0.25, 0.3) is 0 Å². The smallest absolute Gasteiger partial charge is 0.331 e. The molecule has 1 heterocycles. The molecule has 1 saturated carbocycles. The second-order valence-corrected chi connectivity index (χ2v) is 21.2. The second kappa shape index (κ2) is 14.1. The minimum Gasteiger partial charge on any atom is -0.468 e. The first-order valence-corrected chi connectivity index (χ1v) is 20.3. The largest absolute Gasteiger partial charge is 0.468 e. The molecule has 47 heavy (non-hydrogen) atoms. The van der Waals surface area contributed by atoms with Gasteiger partial charge in [-0.3, -0.25) is 14.5 Å². The van der Waals surface area contributed by atoms with E-state index in [1.807, 2.05) is 42.5 Å². The molecule has 0 radical (unpaired) electrons. The minimum absolute atomic E-state index is 0.0447. The molecule has 1 aliphatic carbocycles. The highest BCUT2D eigenvalue weighted by molar-refractivity contribution is 14.1. The van der Waals surface area contributed by atoms with Crippen molar-refractivity contribution in [1.82, 2.24) is 4.90 Å². The Bertz CT molecular complexity index is 1500. The molecule has 0 N–H and O–H groups in total. The fourth-order valence-electron chi connectivity index (χ4n) is 6.67. The summed E-state index contributed by atoms with van der Waals surface area (Å²) in [6.07, 6.45) is 2.06. The molecule has 4 atom stereocenters. The maximum atomic E-state index is 15.0. The third-order valence-electron chi connectivity index (χ3n) is 9.91. The molecule has 2 fully saturated rings. The van der Waals surface area contributed by atoms with Crippen LogP contribution in [0.2, 0.25) is 18.1 Å². The number of methoxy groups -OCH3 is 1. The Morgan fingerprint density at radius 3 is 2.21 bits per heavy atom. The predicted molar refractivity (Wildman–Crippen MR) is 196 cm³/mol. The maximum Gasteiger partial charge on any atom is 0.331 e. The number of hydrogen-bond acceptors (Lipinski definition) is 7. The van der Waals surface area contributed by atoms with Crippen LogP contribution in [0.5, 0.6) is 0 Å². The zero-order chi connectivity index (χ0) is 34.9. The van der Waals surface area contributed by atoms with Crippen molar-refractivity contribution < 1.29 is 28.3 Å². The van der Waals surface area contributed by atoms with Crippen LogP contribution in [0.1, 0.15) is 59.9 Å². The van der Waals surface area contributed by atoms with Gasteiger partial charge in [0, 0.05) is 41.7 Å². The molecule has 0 aromatic heterocycles. The zero-order valence-corrected chi connectivity index (χ0v) is 32.7. The number of carbonyl (C=O) groups is 3. The summed E-state index contributed by atoms with van der Waals surface area (Å²) < 4.78 is 19.3. The van der Waals surface area contributed by atoms with Crippen LogP contribution in [0.4, 0.5) is 5.69 Å². The molecule has 0 spiro atoms. The van der Waals surface area contributed by atoms with Gasteiger partial charge in [-0.15, -0.1) is 0 Å². The van der Waals surface area contributed by atoms with Crippen molar-refractivity contribution in [3.05, 3.63) is 75.4 Å². The SMILES string of the molecule is COC(=O)[C@]1(C(=O)N(C)c2ccccc2I)C[C@H]2[C@@H](/C1=C\C(=O)OC(C)(C)C)N(Cc1ccccc1)CC[C@H]2O[Si](C)(C)C(C)(C)C. The highest BCUT2D eigenvalue weighted by Gasteiger charge is 2.65. The van der Waals surface area contributed by atoms with Gasteiger partial charge < -0.3 is 18.8 Å². The fourth-order valence-corrected chi connectivity index (χ4v) is 8.82. The number of anilines is 1. The van der Waals surface area contributed by atoms with Crippen LogP contribution in [-0.2, 0) is 34.8 Å². The topological polar surface area (TPSA) is 85.4 Å². The molecule has 8 nitrogen and oxygen atoms in total. The molecule has 0 bridgehead atoms. The Balaban J connectivity index is 1.96. The highest BCUT2D eigenvalue weighted by Crippen LogP contribution is 2.55. The molecule has 2 aromatic rings. The summed E-state index contributed by atoms with van der Waals surface area (Å²) >= 11 is 2.19. The van der Waals surface area contributed by atoms with E-state index in [1.54, 1.807) is 27.8 Å². The van der Waals surface area contributed by atoms with Crippen molar-refractivity contribution in [2.24, 2.45) is 11.3 Å². The van der Waals surface area contributed by atoms with Gasteiger partial charge in [0.2, 0.25) is 5.91 Å². The Morgan fingerprint density at radius 2 is 1.64 bits per heavy atom. The van der Waals surface area contributed by atoms with Crippen LogP contribution in [-0.4, -0.2) is 69.5 Å². The van der Waals surface area contributed by atoms with Gasteiger partial charge >= 0.3 is 11.9 Å². The molecule has 10 heteroatoms. The molecule has 256 valence electrons. The van der Waals surface area contributed by atoms with Crippen molar-refractivity contribution in [3.8, 4) is 0 Å². The zero-order valence-electron chi connectivity index (χ0n) is 29.6. The summed E-state index contributed by atoms with van der Waals surface area (Å²) in [6, 6.07) is 17.2. The van der Waals surface area contributed by atoms with Crippen LogP contribution in [0.15, 0.2) is 66.2 Å². The average Bonchev–Trinajstić information content (AvgIpc) is 3.32. The molecule has 1 amide bonds. The maximum absolute atomic E-state index is 15.0. The van der Waals surface area contributed by atoms with E-state index in [1.165, 1.54) is 18.1 Å². The van der Waals surface area contributed by atoms with Crippen molar-refractivity contribution >= 4 is 54.4 Å². The van der Waals surface area contributed by atoms with Crippen LogP contribution in [0.25, 0.3) is 0 Å². The van der Waals surface area contributed by atoms with Crippen LogP contribution < -0.4 is 4.90 Å². The number of hydrogen-bond donors (Lipinski definition) is 0. The fraction of sp³-hybridized carbons (Fsp3) is 0.541. The minimum atomic E-state index is -2.27. The predicted octanol–water partition coefficient (Wildman–Crippen LogP) is 7.37. The summed E-state index contributed by atoms with van der Waals surface area (Å²) in [5, 5.41) is -0.0447. The number of amides is 1. The third-order valence-corrected chi connectivity index (χ3v) is 15.3. The Labute approximate surface area is 295 Å². The van der Waals surface area contributed by atoms with E-state index in [4.69, 9.17) is 13.9 Å². The molecule has 1 aliphatic heterocycles. The lowest BCUT2D eigenvalue weighted by molar-refractivity contribution is -0.155. The van der Waals surface area contributed by atoms with E-state index in [0.29, 0.717) is 24.4 Å². The quantitative estimate of drug-likeness (QED) is 0.0912. The van der Waals surface area contributed by atoms with E-state index in [2.05, 4.69) is 73.5 Å². The standard InChI is InChI=1S/C37H51IN2O6Si/c1-35(2,3)45-31(41)22-27-32-26(23-37(27,34(43)44-8)33(42)39(7)29-19-15-14-18-28(29)38)30(46-47(9,10)36(4,5)6)20-21-40(32)24-25-16-12-11-13-17-25/h11-19,22,26,30,32H,20-21,23-24H2,1-10H3/b27-22+/t26-,30-,32+,37-/m1/s1. The van der Waals surface area contributed by atoms with E-state index < -0.39 is 43.2 Å². The molecular weight excluding hydrogens is 723 g/mol. The first-order chi connectivity index (χ1) is 21.8. The van der Waals surface area contributed by atoms with Crippen LogP contribution >= 0.6 is 22.6 Å². The van der Waals surface area contributed by atoms with Crippen molar-refractivity contribution in [2.45, 2.75) is 96.8 Å². The Morgan fingerprint density at radius 1 is 1.02 bits per heavy atom.